The maximum atomic E-state index is 8.67. The first kappa shape index (κ1) is 32.7. The first-order chi connectivity index (χ1) is 33.3. The monoisotopic (exact) mass is 827 g/mol. The molecule has 1 aromatic heterocycles. The maximum absolute atomic E-state index is 8.67. The van der Waals surface area contributed by atoms with Gasteiger partial charge in [-0.15, -0.1) is 11.3 Å². The largest absolute Gasteiger partial charge is 0.310 e. The fourth-order valence-corrected chi connectivity index (χ4v) is 9.68. The van der Waals surface area contributed by atoms with E-state index in [4.69, 9.17) is 6.85 Å². The van der Waals surface area contributed by atoms with Crippen LogP contribution in [0.2, 0.25) is 0 Å². The molecule has 0 N–H and O–H groups in total. The molecule has 0 saturated heterocycles. The van der Waals surface area contributed by atoms with Crippen LogP contribution in [-0.4, -0.2) is 0 Å². The first-order valence-corrected chi connectivity index (χ1v) is 21.8. The fourth-order valence-electron chi connectivity index (χ4n) is 8.47. The summed E-state index contributed by atoms with van der Waals surface area (Å²) in [6.07, 6.45) is 0. The molecule has 63 heavy (non-hydrogen) atoms. The predicted octanol–water partition coefficient (Wildman–Crippen LogP) is 17.7. The van der Waals surface area contributed by atoms with Crippen molar-refractivity contribution >= 4 is 65.6 Å². The molecule has 0 bridgehead atoms. The Labute approximate surface area is 379 Å². The summed E-state index contributed by atoms with van der Waals surface area (Å²) in [5.74, 6) is 0. The molecule has 0 atom stereocenters. The predicted molar refractivity (Wildman–Crippen MR) is 270 cm³/mol. The summed E-state index contributed by atoms with van der Waals surface area (Å²) in [6.45, 7) is 0. The molecule has 0 radical (unpaired) electrons. The average Bonchev–Trinajstić information content (AvgIpc) is 3.79. The van der Waals surface area contributed by atoms with Crippen LogP contribution in [0.15, 0.2) is 255 Å². The fraction of sp³-hybridized carbons (Fsp3) is 0. The van der Waals surface area contributed by atoms with Crippen LogP contribution in [0, 0.1) is 0 Å². The van der Waals surface area contributed by atoms with Crippen LogP contribution in [0.1, 0.15) is 6.85 Å². The number of hydrogen-bond acceptors (Lipinski definition) is 3. The molecule has 0 aliphatic heterocycles. The molecule has 0 aliphatic rings. The number of benzene rings is 10. The van der Waals surface area contributed by atoms with Gasteiger partial charge in [0.2, 0.25) is 0 Å². The Morgan fingerprint density at radius 3 is 1.30 bits per heavy atom. The highest BCUT2D eigenvalue weighted by Crippen LogP contribution is 2.46. The van der Waals surface area contributed by atoms with Gasteiger partial charge in [-0.3, -0.25) is 0 Å². The molecule has 11 aromatic rings. The lowest BCUT2D eigenvalue weighted by Crippen LogP contribution is -2.10. The SMILES string of the molecule is [2H]c1c([2H])c([2H])c(-c2ccc(N(c3cccc(-c4cccc(N(c5ccc(-c6ccccc6)cc5)c5ccc(-c6ccccc6)cc5)c4)c3)c3cccc4c3sc3ccccc34)cc2)c([2H])c1[2H]. The third kappa shape index (κ3) is 7.56. The molecule has 10 aromatic carbocycles. The van der Waals surface area contributed by atoms with E-state index in [0.717, 1.165) is 61.1 Å². The van der Waals surface area contributed by atoms with Gasteiger partial charge in [-0.1, -0.05) is 182 Å². The van der Waals surface area contributed by atoms with Crippen LogP contribution < -0.4 is 9.80 Å². The quantitative estimate of drug-likeness (QED) is 0.135. The minimum Gasteiger partial charge on any atom is -0.310 e. The van der Waals surface area contributed by atoms with Gasteiger partial charge in [0.1, 0.15) is 0 Å². The van der Waals surface area contributed by atoms with Gasteiger partial charge in [0.05, 0.1) is 17.2 Å². The molecule has 0 aliphatic carbocycles. The third-order valence-electron chi connectivity index (χ3n) is 11.5. The van der Waals surface area contributed by atoms with E-state index in [2.05, 4.69) is 198 Å². The minimum atomic E-state index is -0.406. The van der Waals surface area contributed by atoms with E-state index in [1.54, 1.807) is 11.3 Å². The van der Waals surface area contributed by atoms with Crippen molar-refractivity contribution in [3.63, 3.8) is 0 Å². The zero-order valence-corrected chi connectivity index (χ0v) is 35.0. The van der Waals surface area contributed by atoms with Gasteiger partial charge in [-0.2, -0.15) is 0 Å². The van der Waals surface area contributed by atoms with Gasteiger partial charge in [-0.25, -0.2) is 0 Å². The van der Waals surface area contributed by atoms with E-state index in [0.29, 0.717) is 5.56 Å². The second kappa shape index (κ2) is 16.8. The van der Waals surface area contributed by atoms with Gasteiger partial charge in [-0.05, 0) is 117 Å². The summed E-state index contributed by atoms with van der Waals surface area (Å²) in [5, 5.41) is 2.37. The highest BCUT2D eigenvalue weighted by molar-refractivity contribution is 7.26. The Morgan fingerprint density at radius 2 is 0.730 bits per heavy atom. The van der Waals surface area contributed by atoms with Crippen LogP contribution in [0.25, 0.3) is 64.7 Å². The van der Waals surface area contributed by atoms with Crippen LogP contribution in [0.3, 0.4) is 0 Å². The number of nitrogens with zero attached hydrogens (tertiary/aromatic N) is 2. The van der Waals surface area contributed by atoms with Crippen molar-refractivity contribution < 1.29 is 6.85 Å². The standard InChI is InChI=1S/C60H42N2S/c1-4-15-43(16-5-1)46-29-35-51(36-30-46)61(52-37-31-47(32-38-52)44-17-6-2-7-18-44)54-23-12-21-49(41-54)50-22-13-24-55(42-50)62(53-39-33-48(34-40-53)45-19-8-3-9-20-45)58-27-14-26-57-56-25-10-11-28-59(56)63-60(57)58/h1-42H/i3D,8D,9D,19D,20D. The summed E-state index contributed by atoms with van der Waals surface area (Å²) in [7, 11) is 0. The molecule has 2 nitrogen and oxygen atoms in total. The van der Waals surface area contributed by atoms with Crippen LogP contribution in [-0.2, 0) is 0 Å². The van der Waals surface area contributed by atoms with Gasteiger partial charge >= 0.3 is 0 Å². The average molecular weight is 828 g/mol. The number of rotatable bonds is 10. The normalized spacial score (nSPS) is 12.3. The molecule has 0 unspecified atom stereocenters. The highest BCUT2D eigenvalue weighted by atomic mass is 32.1. The van der Waals surface area contributed by atoms with Crippen molar-refractivity contribution in [2.75, 3.05) is 9.80 Å². The Morgan fingerprint density at radius 1 is 0.302 bits per heavy atom. The number of anilines is 6. The molecule has 3 heteroatoms. The topological polar surface area (TPSA) is 6.48 Å². The second-order valence-corrected chi connectivity index (χ2v) is 16.4. The summed E-state index contributed by atoms with van der Waals surface area (Å²) in [4.78, 5) is 4.56. The first-order valence-electron chi connectivity index (χ1n) is 23.5. The van der Waals surface area contributed by atoms with E-state index in [9.17, 15) is 0 Å². The van der Waals surface area contributed by atoms with Gasteiger partial charge < -0.3 is 9.80 Å². The number of thiophene rings is 1. The van der Waals surface area contributed by atoms with Gasteiger partial charge in [0.15, 0.2) is 0 Å². The van der Waals surface area contributed by atoms with Crippen LogP contribution in [0.4, 0.5) is 34.1 Å². The molecule has 1 heterocycles. The molecule has 0 fully saturated rings. The third-order valence-corrected chi connectivity index (χ3v) is 12.8. The Balaban J connectivity index is 1.02. The molecule has 298 valence electrons. The lowest BCUT2D eigenvalue weighted by Gasteiger charge is -2.27. The van der Waals surface area contributed by atoms with Crippen LogP contribution >= 0.6 is 11.3 Å². The summed E-state index contributed by atoms with van der Waals surface area (Å²) in [5.41, 5.74) is 13.4. The smallest absolute Gasteiger partial charge is 0.0640 e. The molecule has 0 amide bonds. The van der Waals surface area contributed by atoms with E-state index in [1.807, 2.05) is 36.4 Å². The molecule has 11 rings (SSSR count). The highest BCUT2D eigenvalue weighted by Gasteiger charge is 2.20. The number of fused-ring (bicyclic) bond motifs is 3. The van der Waals surface area contributed by atoms with Crippen molar-refractivity contribution in [1.29, 1.82) is 0 Å². The maximum Gasteiger partial charge on any atom is 0.0640 e. The van der Waals surface area contributed by atoms with E-state index in [-0.39, 0.29) is 29.7 Å². The molecule has 0 spiro atoms. The van der Waals surface area contributed by atoms with Gasteiger partial charge in [0, 0.05) is 43.9 Å². The summed E-state index contributed by atoms with van der Waals surface area (Å²) >= 11 is 1.76. The van der Waals surface area contributed by atoms with Crippen molar-refractivity contribution in [2.45, 2.75) is 0 Å². The van der Waals surface area contributed by atoms with Crippen molar-refractivity contribution in [1.82, 2.24) is 0 Å². The minimum absolute atomic E-state index is 0.177. The van der Waals surface area contributed by atoms with Crippen molar-refractivity contribution in [3.05, 3.63) is 255 Å². The molecule has 0 saturated carbocycles. The summed E-state index contributed by atoms with van der Waals surface area (Å²) in [6, 6.07) is 76.7. The van der Waals surface area contributed by atoms with Crippen molar-refractivity contribution in [2.24, 2.45) is 0 Å². The van der Waals surface area contributed by atoms with Crippen LogP contribution in [0.5, 0.6) is 0 Å². The van der Waals surface area contributed by atoms with E-state index >= 15 is 0 Å². The Hall–Kier alpha value is -7.98. The van der Waals surface area contributed by atoms with E-state index < -0.39 is 6.04 Å². The zero-order chi connectivity index (χ0) is 46.3. The zero-order valence-electron chi connectivity index (χ0n) is 39.2. The lowest BCUT2D eigenvalue weighted by molar-refractivity contribution is 1.28. The number of hydrogen-bond donors (Lipinski definition) is 0. The molecular formula is C60H42N2S. The lowest BCUT2D eigenvalue weighted by atomic mass is 10.0. The Bertz CT molecular complexity index is 3500. The summed E-state index contributed by atoms with van der Waals surface area (Å²) < 4.78 is 44.4. The van der Waals surface area contributed by atoms with Gasteiger partial charge in [0.25, 0.3) is 0 Å². The van der Waals surface area contributed by atoms with Crippen molar-refractivity contribution in [3.8, 4) is 44.5 Å². The van der Waals surface area contributed by atoms with E-state index in [1.165, 1.54) is 26.6 Å². The second-order valence-electron chi connectivity index (χ2n) is 15.4. The molecular weight excluding hydrogens is 781 g/mol. The Kier molecular flexibility index (Phi) is 8.74.